The van der Waals surface area contributed by atoms with Gasteiger partial charge < -0.3 is 5.73 Å². The van der Waals surface area contributed by atoms with E-state index in [1.165, 1.54) is 43.2 Å². The summed E-state index contributed by atoms with van der Waals surface area (Å²) in [5, 5.41) is 0.962. The van der Waals surface area contributed by atoms with Crippen LogP contribution in [-0.4, -0.2) is 5.54 Å². The van der Waals surface area contributed by atoms with Crippen LogP contribution in [-0.2, 0) is 6.42 Å². The van der Waals surface area contributed by atoms with E-state index in [9.17, 15) is 0 Å². The van der Waals surface area contributed by atoms with Gasteiger partial charge in [-0.25, -0.2) is 0 Å². The summed E-state index contributed by atoms with van der Waals surface area (Å²) in [6.07, 6.45) is 10.0. The summed E-state index contributed by atoms with van der Waals surface area (Å²) < 4.78 is 0. The number of hydrogen-bond donors (Lipinski definition) is 1. The first-order valence-corrected chi connectivity index (χ1v) is 7.61. The van der Waals surface area contributed by atoms with Gasteiger partial charge in [0.05, 0.1) is 0 Å². The van der Waals surface area contributed by atoms with Crippen molar-refractivity contribution in [2.75, 3.05) is 0 Å². The van der Waals surface area contributed by atoms with Crippen molar-refractivity contribution in [2.45, 2.75) is 62.8 Å². The topological polar surface area (TPSA) is 26.0 Å². The van der Waals surface area contributed by atoms with E-state index in [4.69, 9.17) is 17.3 Å². The van der Waals surface area contributed by atoms with Crippen LogP contribution < -0.4 is 5.73 Å². The van der Waals surface area contributed by atoms with Crippen molar-refractivity contribution in [1.29, 1.82) is 0 Å². The minimum Gasteiger partial charge on any atom is -0.325 e. The van der Waals surface area contributed by atoms with Crippen LogP contribution in [0.15, 0.2) is 18.2 Å². The van der Waals surface area contributed by atoms with Crippen LogP contribution in [0.5, 0.6) is 0 Å². The highest BCUT2D eigenvalue weighted by Crippen LogP contribution is 2.39. The molecule has 0 amide bonds. The average molecular weight is 264 g/mol. The number of nitrogens with two attached hydrogens (primary N) is 1. The summed E-state index contributed by atoms with van der Waals surface area (Å²) in [6.45, 7) is 0. The highest BCUT2D eigenvalue weighted by molar-refractivity contribution is 6.31. The molecule has 2 aliphatic carbocycles. The summed E-state index contributed by atoms with van der Waals surface area (Å²) in [6, 6.07) is 6.64. The van der Waals surface area contributed by atoms with Gasteiger partial charge in [-0.2, -0.15) is 0 Å². The normalized spacial score (nSPS) is 23.0. The molecule has 18 heavy (non-hydrogen) atoms. The van der Waals surface area contributed by atoms with Crippen molar-refractivity contribution in [2.24, 2.45) is 5.73 Å². The first kappa shape index (κ1) is 12.5. The van der Waals surface area contributed by atoms with Gasteiger partial charge >= 0.3 is 0 Å². The quantitative estimate of drug-likeness (QED) is 0.858. The minimum atomic E-state index is 0.0791. The third kappa shape index (κ3) is 2.73. The standard InChI is InChI=1S/C16H22ClN/c17-15-10-12(11-16(18)8-9-16)6-7-14(15)13-4-2-1-3-5-13/h6-7,10,13H,1-5,8-9,11,18H2. The van der Waals surface area contributed by atoms with Gasteiger partial charge in [-0.05, 0) is 55.2 Å². The zero-order valence-corrected chi connectivity index (χ0v) is 11.7. The molecule has 0 saturated heterocycles. The molecule has 0 aromatic heterocycles. The van der Waals surface area contributed by atoms with Gasteiger partial charge in [0.1, 0.15) is 0 Å². The maximum atomic E-state index is 6.47. The zero-order valence-electron chi connectivity index (χ0n) is 10.9. The molecule has 1 aromatic rings. The number of benzene rings is 1. The molecule has 3 rings (SSSR count). The molecule has 1 nitrogen and oxygen atoms in total. The summed E-state index contributed by atoms with van der Waals surface area (Å²) in [5.74, 6) is 0.688. The Morgan fingerprint density at radius 1 is 1.17 bits per heavy atom. The van der Waals surface area contributed by atoms with Gasteiger partial charge in [-0.3, -0.25) is 0 Å². The van der Waals surface area contributed by atoms with Crippen molar-refractivity contribution in [3.05, 3.63) is 34.3 Å². The fourth-order valence-corrected chi connectivity index (χ4v) is 3.53. The van der Waals surface area contributed by atoms with E-state index in [0.29, 0.717) is 5.92 Å². The largest absolute Gasteiger partial charge is 0.325 e. The van der Waals surface area contributed by atoms with E-state index in [-0.39, 0.29) is 5.54 Å². The Hall–Kier alpha value is -0.530. The second kappa shape index (κ2) is 4.86. The van der Waals surface area contributed by atoms with Crippen LogP contribution in [0.25, 0.3) is 0 Å². The van der Waals surface area contributed by atoms with E-state index in [1.54, 1.807) is 0 Å². The summed E-state index contributed by atoms with van der Waals surface area (Å²) >= 11 is 6.47. The molecular weight excluding hydrogens is 242 g/mol. The minimum absolute atomic E-state index is 0.0791. The molecule has 0 unspecified atom stereocenters. The van der Waals surface area contributed by atoms with Gasteiger partial charge in [0.2, 0.25) is 0 Å². The average Bonchev–Trinajstić information content (AvgIpc) is 3.08. The van der Waals surface area contributed by atoms with Crippen LogP contribution in [0.3, 0.4) is 0 Å². The van der Waals surface area contributed by atoms with Crippen LogP contribution in [0.2, 0.25) is 5.02 Å². The van der Waals surface area contributed by atoms with Gasteiger partial charge in [0, 0.05) is 10.6 Å². The maximum absolute atomic E-state index is 6.47. The Labute approximate surface area is 115 Å². The van der Waals surface area contributed by atoms with Crippen molar-refractivity contribution in [3.63, 3.8) is 0 Å². The second-order valence-electron chi connectivity index (χ2n) is 6.23. The molecular formula is C16H22ClN. The maximum Gasteiger partial charge on any atom is 0.0443 e. The molecule has 2 aliphatic rings. The van der Waals surface area contributed by atoms with E-state index in [2.05, 4.69) is 18.2 Å². The van der Waals surface area contributed by atoms with Crippen molar-refractivity contribution in [3.8, 4) is 0 Å². The summed E-state index contributed by atoms with van der Waals surface area (Å²) in [4.78, 5) is 0. The SMILES string of the molecule is NC1(Cc2ccc(C3CCCCC3)c(Cl)c2)CC1. The highest BCUT2D eigenvalue weighted by atomic mass is 35.5. The molecule has 0 aliphatic heterocycles. The smallest absolute Gasteiger partial charge is 0.0443 e. The van der Waals surface area contributed by atoms with Gasteiger partial charge in [0.15, 0.2) is 0 Å². The molecule has 2 saturated carbocycles. The Kier molecular flexibility index (Phi) is 3.38. The summed E-state index contributed by atoms with van der Waals surface area (Å²) in [7, 11) is 0. The Bertz CT molecular complexity index is 431. The van der Waals surface area contributed by atoms with Gasteiger partial charge in [-0.1, -0.05) is 43.0 Å². The lowest BCUT2D eigenvalue weighted by molar-refractivity contribution is 0.443. The highest BCUT2D eigenvalue weighted by Gasteiger charge is 2.38. The van der Waals surface area contributed by atoms with Crippen LogP contribution in [0.4, 0.5) is 0 Å². The third-order valence-corrected chi connectivity index (χ3v) is 4.89. The predicted octanol–water partition coefficient (Wildman–Crippen LogP) is 4.42. The third-order valence-electron chi connectivity index (χ3n) is 4.56. The van der Waals surface area contributed by atoms with E-state index >= 15 is 0 Å². The van der Waals surface area contributed by atoms with E-state index in [1.807, 2.05) is 0 Å². The lowest BCUT2D eigenvalue weighted by atomic mass is 9.83. The first-order chi connectivity index (χ1) is 8.66. The molecule has 0 atom stereocenters. The Morgan fingerprint density at radius 2 is 1.89 bits per heavy atom. The molecule has 0 bridgehead atoms. The molecule has 1 aromatic carbocycles. The first-order valence-electron chi connectivity index (χ1n) is 7.24. The van der Waals surface area contributed by atoms with Gasteiger partial charge in [-0.15, -0.1) is 0 Å². The molecule has 0 heterocycles. The van der Waals surface area contributed by atoms with Gasteiger partial charge in [0.25, 0.3) is 0 Å². The Balaban J connectivity index is 1.75. The summed E-state index contributed by atoms with van der Waals surface area (Å²) in [5.41, 5.74) is 8.91. The zero-order chi connectivity index (χ0) is 12.6. The second-order valence-corrected chi connectivity index (χ2v) is 6.64. The molecule has 0 spiro atoms. The number of halogens is 1. The molecule has 2 fully saturated rings. The number of hydrogen-bond acceptors (Lipinski definition) is 1. The van der Waals surface area contributed by atoms with E-state index < -0.39 is 0 Å². The van der Waals surface area contributed by atoms with Crippen LogP contribution >= 0.6 is 11.6 Å². The van der Waals surface area contributed by atoms with Crippen molar-refractivity contribution >= 4 is 11.6 Å². The molecule has 2 N–H and O–H groups in total. The lowest BCUT2D eigenvalue weighted by Crippen LogP contribution is -2.24. The Morgan fingerprint density at radius 3 is 2.50 bits per heavy atom. The van der Waals surface area contributed by atoms with Crippen molar-refractivity contribution < 1.29 is 0 Å². The fourth-order valence-electron chi connectivity index (χ4n) is 3.17. The van der Waals surface area contributed by atoms with E-state index in [0.717, 1.165) is 24.3 Å². The van der Waals surface area contributed by atoms with Crippen LogP contribution in [0.1, 0.15) is 62.0 Å². The molecule has 0 radical (unpaired) electrons. The van der Waals surface area contributed by atoms with Crippen molar-refractivity contribution in [1.82, 2.24) is 0 Å². The lowest BCUT2D eigenvalue weighted by Gasteiger charge is -2.23. The van der Waals surface area contributed by atoms with Crippen LogP contribution in [0, 0.1) is 0 Å². The molecule has 98 valence electrons. The fraction of sp³-hybridized carbons (Fsp3) is 0.625. The number of rotatable bonds is 3. The monoisotopic (exact) mass is 263 g/mol. The molecule has 2 heteroatoms. The predicted molar refractivity (Wildman–Crippen MR) is 77.1 cm³/mol.